The van der Waals surface area contributed by atoms with Crippen molar-refractivity contribution in [3.63, 3.8) is 0 Å². The van der Waals surface area contributed by atoms with E-state index in [1.807, 2.05) is 6.07 Å². The maximum absolute atomic E-state index is 6.49. The van der Waals surface area contributed by atoms with E-state index in [4.69, 9.17) is 4.74 Å². The Morgan fingerprint density at radius 2 is 1.06 bits per heavy atom. The number of ether oxygens (including phenoxy) is 1. The summed E-state index contributed by atoms with van der Waals surface area (Å²) in [4.78, 5) is 2.40. The van der Waals surface area contributed by atoms with Gasteiger partial charge in [0, 0.05) is 44.5 Å². The van der Waals surface area contributed by atoms with Crippen LogP contribution in [0, 0.1) is 0 Å². The largest absolute Gasteiger partial charge is 0.464 e. The van der Waals surface area contributed by atoms with Crippen LogP contribution in [0.3, 0.4) is 0 Å². The average Bonchev–Trinajstić information content (AvgIpc) is 3.81. The molecule has 0 amide bonds. The van der Waals surface area contributed by atoms with Gasteiger partial charge in [-0.15, -0.1) is 0 Å². The summed E-state index contributed by atoms with van der Waals surface area (Å²) in [6, 6.07) is 67.5. The summed E-state index contributed by atoms with van der Waals surface area (Å²) >= 11 is 0. The fourth-order valence-corrected chi connectivity index (χ4v) is 8.28. The molecular formula is C49H33N3O. The predicted molar refractivity (Wildman–Crippen MR) is 221 cm³/mol. The third kappa shape index (κ3) is 4.77. The van der Waals surface area contributed by atoms with Gasteiger partial charge in [0.05, 0.1) is 16.7 Å². The molecular weight excluding hydrogens is 647 g/mol. The molecule has 0 radical (unpaired) electrons. The van der Waals surface area contributed by atoms with Crippen LogP contribution in [0.5, 0.6) is 5.75 Å². The van der Waals surface area contributed by atoms with Crippen molar-refractivity contribution >= 4 is 76.9 Å². The second kappa shape index (κ2) is 11.8. The second-order valence-electron chi connectivity index (χ2n) is 13.8. The van der Waals surface area contributed by atoms with Crippen molar-refractivity contribution in [2.24, 2.45) is 0 Å². The smallest absolute Gasteiger partial charge is 0.196 e. The molecule has 2 heterocycles. The first-order valence-corrected chi connectivity index (χ1v) is 18.1. The van der Waals surface area contributed by atoms with Crippen molar-refractivity contribution in [3.8, 4) is 11.4 Å². The average molecular weight is 680 g/mol. The van der Waals surface area contributed by atoms with Crippen molar-refractivity contribution < 1.29 is 4.74 Å². The van der Waals surface area contributed by atoms with Crippen molar-refractivity contribution in [2.75, 3.05) is 10.2 Å². The number of hydrogen-bond donors (Lipinski definition) is 1. The number of benzene rings is 9. The number of hydrogen-bond acceptors (Lipinski definition) is 3. The maximum Gasteiger partial charge on any atom is 0.196 e. The first kappa shape index (κ1) is 29.7. The molecule has 0 bridgehead atoms. The number of nitrogens with zero attached hydrogens (tertiary/aromatic N) is 2. The molecule has 0 aliphatic carbocycles. The molecule has 0 saturated carbocycles. The van der Waals surface area contributed by atoms with Crippen LogP contribution in [0.4, 0.5) is 22.7 Å². The molecule has 0 fully saturated rings. The van der Waals surface area contributed by atoms with Gasteiger partial charge < -0.3 is 19.5 Å². The van der Waals surface area contributed by atoms with Crippen LogP contribution in [0.25, 0.3) is 59.8 Å². The predicted octanol–water partition coefficient (Wildman–Crippen LogP) is 13.2. The van der Waals surface area contributed by atoms with Crippen LogP contribution in [0.1, 0.15) is 11.8 Å². The van der Waals surface area contributed by atoms with Gasteiger partial charge in [0.2, 0.25) is 0 Å². The van der Waals surface area contributed by atoms with E-state index in [0.29, 0.717) is 0 Å². The lowest BCUT2D eigenvalue weighted by Gasteiger charge is -2.26. The Bertz CT molecular complexity index is 3020. The number of anilines is 4. The molecule has 11 rings (SSSR count). The van der Waals surface area contributed by atoms with E-state index in [0.717, 1.165) is 39.7 Å². The summed E-state index contributed by atoms with van der Waals surface area (Å²) in [5, 5.41) is 13.3. The van der Waals surface area contributed by atoms with Crippen LogP contribution in [-0.4, -0.2) is 4.57 Å². The molecule has 1 aliphatic heterocycles. The summed E-state index contributed by atoms with van der Waals surface area (Å²) in [6.45, 7) is 0. The molecule has 9 aromatic carbocycles. The lowest BCUT2D eigenvalue weighted by molar-refractivity contribution is 0.260. The lowest BCUT2D eigenvalue weighted by Crippen LogP contribution is -2.10. The number of para-hydroxylation sites is 2. The molecule has 1 aliphatic rings. The van der Waals surface area contributed by atoms with Crippen molar-refractivity contribution in [3.05, 3.63) is 194 Å². The highest BCUT2D eigenvalue weighted by Crippen LogP contribution is 2.47. The molecule has 53 heavy (non-hydrogen) atoms. The van der Waals surface area contributed by atoms with E-state index < -0.39 is 0 Å². The molecule has 1 unspecified atom stereocenters. The molecule has 0 saturated heterocycles. The Kier molecular flexibility index (Phi) is 6.58. The van der Waals surface area contributed by atoms with Gasteiger partial charge in [-0.05, 0) is 93.7 Å². The number of fused-ring (bicyclic) bond motifs is 9. The van der Waals surface area contributed by atoms with Crippen LogP contribution < -0.4 is 15.0 Å². The molecule has 4 nitrogen and oxygen atoms in total. The zero-order valence-electron chi connectivity index (χ0n) is 28.8. The van der Waals surface area contributed by atoms with E-state index in [9.17, 15) is 0 Å². The van der Waals surface area contributed by atoms with Gasteiger partial charge in [-0.3, -0.25) is 0 Å². The monoisotopic (exact) mass is 679 g/mol. The minimum Gasteiger partial charge on any atom is -0.464 e. The molecule has 4 heteroatoms. The van der Waals surface area contributed by atoms with Gasteiger partial charge in [0.15, 0.2) is 6.23 Å². The third-order valence-electron chi connectivity index (χ3n) is 10.7. The molecule has 10 aromatic rings. The molecule has 1 atom stereocenters. The minimum atomic E-state index is -0.242. The Morgan fingerprint density at radius 3 is 1.91 bits per heavy atom. The number of nitrogens with one attached hydrogen (secondary N) is 1. The normalized spacial score (nSPS) is 13.8. The first-order valence-electron chi connectivity index (χ1n) is 18.1. The van der Waals surface area contributed by atoms with Crippen LogP contribution in [0.15, 0.2) is 188 Å². The molecule has 250 valence electrons. The highest BCUT2D eigenvalue weighted by molar-refractivity contribution is 6.16. The van der Waals surface area contributed by atoms with E-state index in [-0.39, 0.29) is 6.23 Å². The fourth-order valence-electron chi connectivity index (χ4n) is 8.28. The first-order chi connectivity index (χ1) is 26.3. The van der Waals surface area contributed by atoms with E-state index in [1.54, 1.807) is 0 Å². The summed E-state index contributed by atoms with van der Waals surface area (Å²) in [6.07, 6.45) is -0.242. The Morgan fingerprint density at radius 1 is 0.453 bits per heavy atom. The number of rotatable bonds is 5. The highest BCUT2D eigenvalue weighted by Gasteiger charge is 2.26. The quantitative estimate of drug-likeness (QED) is 0.184. The summed E-state index contributed by atoms with van der Waals surface area (Å²) < 4.78 is 8.86. The van der Waals surface area contributed by atoms with Crippen molar-refractivity contribution in [2.45, 2.75) is 6.23 Å². The topological polar surface area (TPSA) is 29.4 Å². The summed E-state index contributed by atoms with van der Waals surface area (Å²) in [5.74, 6) is 0.871. The zero-order valence-corrected chi connectivity index (χ0v) is 28.8. The van der Waals surface area contributed by atoms with Gasteiger partial charge in [-0.25, -0.2) is 0 Å². The van der Waals surface area contributed by atoms with Gasteiger partial charge in [0.25, 0.3) is 0 Å². The van der Waals surface area contributed by atoms with Crippen LogP contribution in [-0.2, 0) is 0 Å². The SMILES string of the molecule is c1ccc(C2Nc3c(ccc4ccc5ccc(N(c6ccc7ccccc7c6)c6ccc7c(c6)c6ccccc6n7-c6ccccc6)cc5c34)O2)cc1. The summed E-state index contributed by atoms with van der Waals surface area (Å²) in [5.41, 5.74) is 8.94. The Balaban J connectivity index is 1.13. The molecule has 1 aromatic heterocycles. The maximum atomic E-state index is 6.49. The van der Waals surface area contributed by atoms with Gasteiger partial charge >= 0.3 is 0 Å². The zero-order chi connectivity index (χ0) is 34.9. The summed E-state index contributed by atoms with van der Waals surface area (Å²) in [7, 11) is 0. The molecule has 0 spiro atoms. The minimum absolute atomic E-state index is 0.242. The van der Waals surface area contributed by atoms with Crippen LogP contribution in [0.2, 0.25) is 0 Å². The second-order valence-corrected chi connectivity index (χ2v) is 13.8. The lowest BCUT2D eigenvalue weighted by atomic mass is 9.98. The van der Waals surface area contributed by atoms with Gasteiger partial charge in [-0.1, -0.05) is 121 Å². The van der Waals surface area contributed by atoms with Crippen LogP contribution >= 0.6 is 0 Å². The Hall–Kier alpha value is -7.04. The van der Waals surface area contributed by atoms with E-state index in [2.05, 4.69) is 197 Å². The number of aromatic nitrogens is 1. The van der Waals surface area contributed by atoms with E-state index >= 15 is 0 Å². The third-order valence-corrected chi connectivity index (χ3v) is 10.7. The van der Waals surface area contributed by atoms with Gasteiger partial charge in [-0.2, -0.15) is 0 Å². The highest BCUT2D eigenvalue weighted by atomic mass is 16.5. The van der Waals surface area contributed by atoms with Crippen molar-refractivity contribution in [1.82, 2.24) is 4.57 Å². The fraction of sp³-hybridized carbons (Fsp3) is 0.0204. The standard InChI is InChI=1S/C49H33N3O/c1-3-12-35(13-4-1)49-50-48-46(53-49)28-23-34-20-19-33-22-25-39(30-42(33)47(34)48)51(38-24-21-32-11-7-8-14-36(32)29-38)40-26-27-45-43(31-40)41-17-9-10-18-44(41)52(45)37-15-5-2-6-16-37/h1-31,49-50H. The van der Waals surface area contributed by atoms with Gasteiger partial charge in [0.1, 0.15) is 5.75 Å². The molecule has 1 N–H and O–H groups in total. The van der Waals surface area contributed by atoms with Crippen molar-refractivity contribution in [1.29, 1.82) is 0 Å². The Labute approximate surface area is 306 Å². The van der Waals surface area contributed by atoms with E-state index in [1.165, 1.54) is 54.1 Å².